The number of rotatable bonds is 14. The van der Waals surface area contributed by atoms with Gasteiger partial charge in [-0.3, -0.25) is 18.7 Å². The summed E-state index contributed by atoms with van der Waals surface area (Å²) >= 11 is 0. The smallest absolute Gasteiger partial charge is 0.320 e. The van der Waals surface area contributed by atoms with E-state index in [-0.39, 0.29) is 18.1 Å². The fraction of sp³-hybridized carbons (Fsp3) is 0.723. The Balaban J connectivity index is 0.800. The van der Waals surface area contributed by atoms with Crippen LogP contribution < -0.4 is 31.1 Å². The van der Waals surface area contributed by atoms with Gasteiger partial charge in [-0.1, -0.05) is 0 Å². The van der Waals surface area contributed by atoms with Crippen molar-refractivity contribution in [2.75, 3.05) is 114 Å². The molecule has 0 unspecified atom stereocenters. The van der Waals surface area contributed by atoms with E-state index in [1.165, 1.54) is 12.7 Å². The van der Waals surface area contributed by atoms with Crippen molar-refractivity contribution in [3.8, 4) is 0 Å². The Morgan fingerprint density at radius 2 is 0.973 bits per heavy atom. The van der Waals surface area contributed by atoms with Crippen LogP contribution in [0.1, 0.15) is 64.8 Å². The second kappa shape index (κ2) is 21.4. The predicted molar refractivity (Wildman–Crippen MR) is 270 cm³/mol. The van der Waals surface area contributed by atoms with E-state index >= 15 is 0 Å². The van der Waals surface area contributed by atoms with Gasteiger partial charge in [0.25, 0.3) is 11.8 Å². The van der Waals surface area contributed by atoms with Gasteiger partial charge < -0.3 is 80.6 Å². The molecule has 4 aromatic rings. The number of piperidine rings is 2. The van der Waals surface area contributed by atoms with E-state index < -0.39 is 60.9 Å². The zero-order valence-electron chi connectivity index (χ0n) is 43.0. The maximum Gasteiger partial charge on any atom is 0.320 e. The Morgan fingerprint density at radius 1 is 0.581 bits per heavy atom. The molecule has 10 atom stereocenters. The first-order valence-electron chi connectivity index (χ1n) is 26.1. The molecule has 0 aromatic carbocycles. The number of anilines is 4. The largest absolute Gasteiger partial charge is 0.387 e. The van der Waals surface area contributed by atoms with Gasteiger partial charge in [0, 0.05) is 89.6 Å². The van der Waals surface area contributed by atoms with Crippen molar-refractivity contribution in [3.63, 3.8) is 0 Å². The van der Waals surface area contributed by atoms with Crippen LogP contribution in [0, 0.1) is 0 Å². The van der Waals surface area contributed by atoms with Crippen LogP contribution in [-0.2, 0) is 19.1 Å². The molecule has 27 nitrogen and oxygen atoms in total. The summed E-state index contributed by atoms with van der Waals surface area (Å²) in [5.74, 6) is 0.956. The Kier molecular flexibility index (Phi) is 15.0. The molecule has 6 aliphatic heterocycles. The molecule has 4 amide bonds. The van der Waals surface area contributed by atoms with Crippen LogP contribution in [0.2, 0.25) is 0 Å². The fourth-order valence-corrected chi connectivity index (χ4v) is 11.1. The summed E-state index contributed by atoms with van der Waals surface area (Å²) in [6.45, 7) is 9.21. The van der Waals surface area contributed by atoms with Crippen molar-refractivity contribution < 1.29 is 44.3 Å². The van der Waals surface area contributed by atoms with Crippen molar-refractivity contribution in [1.82, 2.24) is 69.3 Å². The lowest BCUT2D eigenvalue weighted by Crippen LogP contribution is -2.51. The number of hydrogen-bond donors (Lipinski definition) is 8. The van der Waals surface area contributed by atoms with Gasteiger partial charge in [0.05, 0.1) is 12.7 Å². The number of nitrogens with zero attached hydrogens (tertiary/aromatic N) is 14. The van der Waals surface area contributed by atoms with Crippen LogP contribution in [0.15, 0.2) is 12.7 Å². The lowest BCUT2D eigenvalue weighted by molar-refractivity contribution is -0.138. The molecule has 404 valence electrons. The number of urea groups is 1. The number of carbonyl (C=O) groups excluding carboxylic acids is 3. The fourth-order valence-electron chi connectivity index (χ4n) is 11.1. The predicted octanol–water partition coefficient (Wildman–Crippen LogP) is -1.67. The summed E-state index contributed by atoms with van der Waals surface area (Å²) in [4.78, 5) is 81.2. The average Bonchev–Trinajstić information content (AvgIpc) is 4.27. The molecular formula is C47H72N18O9. The van der Waals surface area contributed by atoms with Crippen LogP contribution in [0.5, 0.6) is 0 Å². The third kappa shape index (κ3) is 9.94. The van der Waals surface area contributed by atoms with Crippen LogP contribution in [0.3, 0.4) is 0 Å². The molecule has 4 aromatic heterocycles. The number of fused-ring (bicyclic) bond motifs is 2. The molecule has 6 fully saturated rings. The van der Waals surface area contributed by atoms with Gasteiger partial charge in [0.1, 0.15) is 24.4 Å². The number of likely N-dealkylation sites (N-methyl/N-ethyl adjacent to an activating group) is 4. The number of carbonyl (C=O) groups is 3. The van der Waals surface area contributed by atoms with Gasteiger partial charge >= 0.3 is 6.03 Å². The van der Waals surface area contributed by atoms with Gasteiger partial charge in [-0.05, 0) is 80.6 Å². The van der Waals surface area contributed by atoms with Crippen molar-refractivity contribution >= 4 is 63.7 Å². The Morgan fingerprint density at radius 3 is 1.32 bits per heavy atom. The Bertz CT molecular complexity index is 2480. The maximum absolute atomic E-state index is 14.1. The van der Waals surface area contributed by atoms with Gasteiger partial charge in [-0.15, -0.1) is 0 Å². The number of likely N-dealkylation sites (tertiary alicyclic amines) is 2. The number of aromatic nitrogens is 8. The molecule has 10 rings (SSSR count). The quantitative estimate of drug-likeness (QED) is 0.0700. The zero-order valence-corrected chi connectivity index (χ0v) is 43.0. The van der Waals surface area contributed by atoms with Crippen molar-refractivity contribution in [2.45, 2.75) is 126 Å². The monoisotopic (exact) mass is 1030 g/mol. The topological polar surface area (TPSA) is 305 Å². The third-order valence-corrected chi connectivity index (χ3v) is 15.6. The number of amides is 4. The molecule has 6 aliphatic rings. The number of aliphatic hydroxyl groups excluding tert-OH is 4. The summed E-state index contributed by atoms with van der Waals surface area (Å²) < 4.78 is 15.1. The highest BCUT2D eigenvalue weighted by Gasteiger charge is 2.49. The molecule has 8 N–H and O–H groups in total. The molecule has 0 saturated carbocycles. The van der Waals surface area contributed by atoms with E-state index in [1.54, 1.807) is 23.0 Å². The minimum Gasteiger partial charge on any atom is -0.387 e. The molecule has 74 heavy (non-hydrogen) atoms. The van der Waals surface area contributed by atoms with E-state index in [4.69, 9.17) is 29.4 Å². The summed E-state index contributed by atoms with van der Waals surface area (Å²) in [7, 11) is 8.21. The van der Waals surface area contributed by atoms with E-state index in [2.05, 4.69) is 79.0 Å². The van der Waals surface area contributed by atoms with Crippen LogP contribution in [-0.4, -0.2) is 251 Å². The lowest BCUT2D eigenvalue weighted by Gasteiger charge is -2.39. The van der Waals surface area contributed by atoms with E-state index in [0.29, 0.717) is 136 Å². The number of nitrogens with one attached hydrogen (secondary N) is 4. The Hall–Kier alpha value is -5.81. The summed E-state index contributed by atoms with van der Waals surface area (Å²) in [6.07, 6.45) is -3.09. The maximum atomic E-state index is 14.1. The Labute approximate surface area is 428 Å². The average molecular weight is 1030 g/mol. The van der Waals surface area contributed by atoms with Crippen molar-refractivity contribution in [3.05, 3.63) is 12.7 Å². The first-order chi connectivity index (χ1) is 35.6. The van der Waals surface area contributed by atoms with E-state index in [9.17, 15) is 34.8 Å². The van der Waals surface area contributed by atoms with Crippen molar-refractivity contribution in [2.24, 2.45) is 0 Å². The van der Waals surface area contributed by atoms with Gasteiger partial charge in [-0.2, -0.15) is 19.9 Å². The second-order valence-electron chi connectivity index (χ2n) is 20.8. The first-order valence-corrected chi connectivity index (χ1v) is 26.1. The first kappa shape index (κ1) is 51.7. The second-order valence-corrected chi connectivity index (χ2v) is 20.8. The summed E-state index contributed by atoms with van der Waals surface area (Å²) in [5, 5.41) is 56.5. The molecule has 0 bridgehead atoms. The molecular weight excluding hydrogens is 961 g/mol. The number of imidazole rings is 2. The number of aliphatic hydroxyl groups is 4. The van der Waals surface area contributed by atoms with Crippen molar-refractivity contribution in [1.29, 1.82) is 0 Å². The molecule has 0 spiro atoms. The zero-order chi connectivity index (χ0) is 52.1. The van der Waals surface area contributed by atoms with E-state index in [1.807, 2.05) is 9.80 Å². The third-order valence-electron chi connectivity index (χ3n) is 15.6. The molecule has 6 saturated heterocycles. The van der Waals surface area contributed by atoms with Crippen LogP contribution in [0.4, 0.5) is 28.3 Å². The number of hydrogen-bond acceptors (Lipinski definition) is 21. The summed E-state index contributed by atoms with van der Waals surface area (Å²) in [6, 6.07) is 0.511. The van der Waals surface area contributed by atoms with Crippen LogP contribution in [0.25, 0.3) is 22.3 Å². The summed E-state index contributed by atoms with van der Waals surface area (Å²) in [5.41, 5.74) is 1.68. The lowest BCUT2D eigenvalue weighted by atomic mass is 10.0. The normalized spacial score (nSPS) is 29.2. The molecule has 10 heterocycles. The van der Waals surface area contributed by atoms with Crippen LogP contribution >= 0.6 is 0 Å². The highest BCUT2D eigenvalue weighted by atomic mass is 16.6. The molecule has 0 aliphatic carbocycles. The molecule has 0 radical (unpaired) electrons. The van der Waals surface area contributed by atoms with Gasteiger partial charge in [0.15, 0.2) is 58.6 Å². The highest BCUT2D eigenvalue weighted by Crippen LogP contribution is 2.37. The standard InChI is InChI=1S/C47H72N18O9/c1-7-48-41(70)35-31(66)33(68)43(73-35)64-23-50-29-37(54-45(56-39(29)64)62-19-13-27(21-62)58(3)4)52-25-9-15-60(16-10-25)47(72)61-17-11-26(12-18-61)53-38-30-40(57-46(55-38)63-20-14-28(22-63)59(5)6)65(24-51-30)44-34(69)32(67)36(74-44)42(71)49-8-2/h23-28,31-36,43-44,66-69H,7-22H2,1-6H3,(H,48,70)(H,49,71)(H,52,54,56)(H,53,55,57)/t27-,28-,31+,32+,33-,34-,35+,36+,43-,44-/m1/s1. The minimum absolute atomic E-state index is 0.0155. The van der Waals surface area contributed by atoms with Gasteiger partial charge in [0.2, 0.25) is 11.9 Å². The number of ether oxygens (including phenoxy) is 2. The molecule has 27 heteroatoms. The highest BCUT2D eigenvalue weighted by molar-refractivity contribution is 5.86. The SMILES string of the molecule is CCNC(=O)[C@H]1O[C@@H](n2cnc3c(NC4CCN(C(=O)N5CCC(Nc6nc(N7CC[C@@H](N(C)C)C7)nc7c6ncn7[C@@H]6O[C@H](C(=O)NCC)[C@@H](O)[C@H]6O)CC5)CC4)nc(N4CC[C@@H](N(C)C)C4)nc32)[C@H](O)[C@@H]1O. The van der Waals surface area contributed by atoms with E-state index in [0.717, 1.165) is 25.9 Å². The van der Waals surface area contributed by atoms with Gasteiger partial charge in [-0.25, -0.2) is 14.8 Å². The minimum atomic E-state index is -1.46.